The van der Waals surface area contributed by atoms with Crippen molar-refractivity contribution >= 4 is 0 Å². The van der Waals surface area contributed by atoms with Gasteiger partial charge in [-0.15, -0.1) is 0 Å². The van der Waals surface area contributed by atoms with Gasteiger partial charge in [-0.1, -0.05) is 29.8 Å². The molecule has 0 amide bonds. The monoisotopic (exact) mass is 318 g/mol. The van der Waals surface area contributed by atoms with Gasteiger partial charge in [0.2, 0.25) is 0 Å². The lowest BCUT2D eigenvalue weighted by atomic mass is 9.99. The van der Waals surface area contributed by atoms with E-state index in [1.54, 1.807) is 24.3 Å². The van der Waals surface area contributed by atoms with E-state index < -0.39 is 23.5 Å². The molecule has 2 rings (SSSR count). The van der Waals surface area contributed by atoms with Crippen molar-refractivity contribution in [2.24, 2.45) is 0 Å². The van der Waals surface area contributed by atoms with E-state index >= 15 is 0 Å². The number of hydrogen-bond donors (Lipinski definition) is 0. The number of halogens is 6. The SMILES string of the molecule is Cc1ccc(Cc2cc(C(F)(F)F)cc(C(F)(F)F)c2)cc1. The Morgan fingerprint density at radius 2 is 1.14 bits per heavy atom. The lowest BCUT2D eigenvalue weighted by Gasteiger charge is -2.14. The van der Waals surface area contributed by atoms with Crippen LogP contribution in [0.1, 0.15) is 27.8 Å². The first-order valence-electron chi connectivity index (χ1n) is 6.39. The van der Waals surface area contributed by atoms with Crippen LogP contribution in [0.2, 0.25) is 0 Å². The van der Waals surface area contributed by atoms with E-state index in [4.69, 9.17) is 0 Å². The van der Waals surface area contributed by atoms with Gasteiger partial charge in [0.1, 0.15) is 0 Å². The van der Waals surface area contributed by atoms with Gasteiger partial charge in [0.25, 0.3) is 0 Å². The van der Waals surface area contributed by atoms with Crippen LogP contribution >= 0.6 is 0 Å². The third-order valence-corrected chi connectivity index (χ3v) is 3.18. The van der Waals surface area contributed by atoms with Gasteiger partial charge in [-0.2, -0.15) is 26.3 Å². The Morgan fingerprint density at radius 3 is 1.55 bits per heavy atom. The average molecular weight is 318 g/mol. The largest absolute Gasteiger partial charge is 0.416 e. The molecule has 0 unspecified atom stereocenters. The number of aryl methyl sites for hydroxylation is 1. The second-order valence-electron chi connectivity index (χ2n) is 5.08. The zero-order chi connectivity index (χ0) is 16.5. The van der Waals surface area contributed by atoms with Gasteiger partial charge >= 0.3 is 12.4 Å². The van der Waals surface area contributed by atoms with Crippen LogP contribution in [0, 0.1) is 6.92 Å². The molecule has 2 aromatic rings. The normalized spacial score (nSPS) is 12.5. The molecule has 0 aliphatic heterocycles. The fourth-order valence-electron chi connectivity index (χ4n) is 2.06. The Morgan fingerprint density at radius 1 is 0.682 bits per heavy atom. The molecule has 22 heavy (non-hydrogen) atoms. The molecule has 0 aliphatic rings. The third kappa shape index (κ3) is 4.02. The molecule has 2 aromatic carbocycles. The minimum absolute atomic E-state index is 0.00722. The summed E-state index contributed by atoms with van der Waals surface area (Å²) >= 11 is 0. The third-order valence-electron chi connectivity index (χ3n) is 3.18. The highest BCUT2D eigenvalue weighted by Crippen LogP contribution is 2.36. The molecule has 0 aromatic heterocycles. The molecule has 6 heteroatoms. The second kappa shape index (κ2) is 5.66. The Bertz CT molecular complexity index is 618. The molecule has 0 saturated heterocycles. The van der Waals surface area contributed by atoms with E-state index in [9.17, 15) is 26.3 Å². The van der Waals surface area contributed by atoms with Crippen molar-refractivity contribution in [1.29, 1.82) is 0 Å². The molecule has 0 bridgehead atoms. The minimum Gasteiger partial charge on any atom is -0.166 e. The Kier molecular flexibility index (Phi) is 4.22. The van der Waals surface area contributed by atoms with E-state index in [0.29, 0.717) is 5.56 Å². The van der Waals surface area contributed by atoms with Crippen molar-refractivity contribution < 1.29 is 26.3 Å². The predicted octanol–water partition coefficient (Wildman–Crippen LogP) is 5.62. The van der Waals surface area contributed by atoms with Crippen LogP contribution in [-0.4, -0.2) is 0 Å². The fraction of sp³-hybridized carbons (Fsp3) is 0.250. The van der Waals surface area contributed by atoms with Gasteiger partial charge in [-0.25, -0.2) is 0 Å². The number of hydrogen-bond acceptors (Lipinski definition) is 0. The van der Waals surface area contributed by atoms with Gasteiger partial charge in [-0.3, -0.25) is 0 Å². The van der Waals surface area contributed by atoms with Gasteiger partial charge in [0, 0.05) is 0 Å². The van der Waals surface area contributed by atoms with E-state index in [-0.39, 0.29) is 18.1 Å². The summed E-state index contributed by atoms with van der Waals surface area (Å²) in [5.74, 6) is 0. The quantitative estimate of drug-likeness (QED) is 0.630. The number of rotatable bonds is 2. The first-order chi connectivity index (χ1) is 10.1. The average Bonchev–Trinajstić information content (AvgIpc) is 2.39. The van der Waals surface area contributed by atoms with Crippen molar-refractivity contribution in [3.05, 3.63) is 70.3 Å². The number of benzene rings is 2. The molecule has 0 radical (unpaired) electrons. The summed E-state index contributed by atoms with van der Waals surface area (Å²) in [5.41, 5.74) is -0.985. The van der Waals surface area contributed by atoms with Crippen LogP contribution in [-0.2, 0) is 18.8 Å². The highest BCUT2D eigenvalue weighted by molar-refractivity contribution is 5.37. The zero-order valence-corrected chi connectivity index (χ0v) is 11.5. The van der Waals surface area contributed by atoms with Crippen molar-refractivity contribution in [3.63, 3.8) is 0 Å². The van der Waals surface area contributed by atoms with Gasteiger partial charge in [0.05, 0.1) is 11.1 Å². The van der Waals surface area contributed by atoms with Crippen molar-refractivity contribution in [3.8, 4) is 0 Å². The highest BCUT2D eigenvalue weighted by atomic mass is 19.4. The number of alkyl halides is 6. The predicted molar refractivity (Wildman–Crippen MR) is 70.4 cm³/mol. The molecule has 0 N–H and O–H groups in total. The lowest BCUT2D eigenvalue weighted by molar-refractivity contribution is -0.143. The summed E-state index contributed by atoms with van der Waals surface area (Å²) in [6.45, 7) is 1.84. The van der Waals surface area contributed by atoms with E-state index in [0.717, 1.165) is 17.7 Å². The van der Waals surface area contributed by atoms with Crippen LogP contribution in [0.3, 0.4) is 0 Å². The van der Waals surface area contributed by atoms with Gasteiger partial charge in [0.15, 0.2) is 0 Å². The molecule has 0 heterocycles. The first kappa shape index (κ1) is 16.4. The van der Waals surface area contributed by atoms with E-state index in [1.165, 1.54) is 0 Å². The maximum absolute atomic E-state index is 12.8. The summed E-state index contributed by atoms with van der Waals surface area (Å²) in [6, 6.07) is 8.54. The summed E-state index contributed by atoms with van der Waals surface area (Å²) in [5, 5.41) is 0. The van der Waals surface area contributed by atoms with Crippen LogP contribution in [0.5, 0.6) is 0 Å². The minimum atomic E-state index is -4.82. The van der Waals surface area contributed by atoms with E-state index in [2.05, 4.69) is 0 Å². The van der Waals surface area contributed by atoms with Crippen LogP contribution in [0.15, 0.2) is 42.5 Å². The Balaban J connectivity index is 2.44. The second-order valence-corrected chi connectivity index (χ2v) is 5.08. The van der Waals surface area contributed by atoms with Crippen molar-refractivity contribution in [2.75, 3.05) is 0 Å². The van der Waals surface area contributed by atoms with Crippen LogP contribution in [0.4, 0.5) is 26.3 Å². The Labute approximate surface area is 123 Å². The van der Waals surface area contributed by atoms with Crippen LogP contribution < -0.4 is 0 Å². The first-order valence-corrected chi connectivity index (χ1v) is 6.39. The summed E-state index contributed by atoms with van der Waals surface area (Å²) < 4.78 is 76.6. The summed E-state index contributed by atoms with van der Waals surface area (Å²) in [4.78, 5) is 0. The Hall–Kier alpha value is -1.98. The maximum atomic E-state index is 12.8. The van der Waals surface area contributed by atoms with Gasteiger partial charge < -0.3 is 0 Å². The standard InChI is InChI=1S/C16H12F6/c1-10-2-4-11(5-3-10)6-12-7-13(15(17,18)19)9-14(8-12)16(20,21)22/h2-5,7-9H,6H2,1H3. The molecule has 0 aliphatic carbocycles. The van der Waals surface area contributed by atoms with Crippen LogP contribution in [0.25, 0.3) is 0 Å². The summed E-state index contributed by atoms with van der Waals surface area (Å²) in [7, 11) is 0. The molecule has 0 spiro atoms. The molecule has 0 fully saturated rings. The molecule has 0 saturated carbocycles. The van der Waals surface area contributed by atoms with E-state index in [1.807, 2.05) is 6.92 Å². The molecule has 0 nitrogen and oxygen atoms in total. The molecular weight excluding hydrogens is 306 g/mol. The van der Waals surface area contributed by atoms with Crippen molar-refractivity contribution in [1.82, 2.24) is 0 Å². The topological polar surface area (TPSA) is 0 Å². The summed E-state index contributed by atoms with van der Waals surface area (Å²) in [6.07, 6.45) is -9.63. The fourth-order valence-corrected chi connectivity index (χ4v) is 2.06. The highest BCUT2D eigenvalue weighted by Gasteiger charge is 2.36. The smallest absolute Gasteiger partial charge is 0.166 e. The van der Waals surface area contributed by atoms with Gasteiger partial charge in [-0.05, 0) is 42.7 Å². The van der Waals surface area contributed by atoms with Crippen molar-refractivity contribution in [2.45, 2.75) is 25.7 Å². The molecule has 0 atom stereocenters. The lowest BCUT2D eigenvalue weighted by Crippen LogP contribution is -2.12. The molecule has 118 valence electrons. The maximum Gasteiger partial charge on any atom is 0.416 e. The molecular formula is C16H12F6. The zero-order valence-electron chi connectivity index (χ0n) is 11.5.